The van der Waals surface area contributed by atoms with Crippen molar-refractivity contribution in [2.45, 2.75) is 26.3 Å². The summed E-state index contributed by atoms with van der Waals surface area (Å²) in [6.45, 7) is 4.22. The minimum absolute atomic E-state index is 0. The summed E-state index contributed by atoms with van der Waals surface area (Å²) in [4.78, 5) is 0. The molecule has 0 aromatic heterocycles. The molecule has 92 valence electrons. The molecule has 0 aliphatic heterocycles. The van der Waals surface area contributed by atoms with Crippen LogP contribution in [0.3, 0.4) is 0 Å². The zero-order valence-corrected chi connectivity index (χ0v) is 10.8. The number of rotatable bonds is 4. The fourth-order valence-corrected chi connectivity index (χ4v) is 1.54. The zero-order chi connectivity index (χ0) is 11.4. The number of halogens is 1. The highest BCUT2D eigenvalue weighted by molar-refractivity contribution is 5.85. The Hall–Kier alpha value is -0.930. The van der Waals surface area contributed by atoms with Crippen LogP contribution in [0.2, 0.25) is 0 Å². The molecule has 2 atom stereocenters. The van der Waals surface area contributed by atoms with E-state index in [2.05, 4.69) is 13.8 Å². The van der Waals surface area contributed by atoms with Crippen LogP contribution in [-0.2, 0) is 0 Å². The van der Waals surface area contributed by atoms with Crippen molar-refractivity contribution in [2.24, 2.45) is 11.7 Å². The fourth-order valence-electron chi connectivity index (χ4n) is 1.54. The minimum atomic E-state index is -0.0504. The van der Waals surface area contributed by atoms with Gasteiger partial charge in [0.2, 0.25) is 0 Å². The van der Waals surface area contributed by atoms with Crippen LogP contribution in [0.25, 0.3) is 0 Å². The maximum Gasteiger partial charge on any atom is 0.127 e. The Balaban J connectivity index is 0.00000225. The van der Waals surface area contributed by atoms with Gasteiger partial charge >= 0.3 is 0 Å². The molecule has 0 amide bonds. The van der Waals surface area contributed by atoms with Crippen LogP contribution in [0.5, 0.6) is 11.5 Å². The van der Waals surface area contributed by atoms with Gasteiger partial charge in [0.15, 0.2) is 0 Å². The highest BCUT2D eigenvalue weighted by Crippen LogP contribution is 2.32. The van der Waals surface area contributed by atoms with E-state index in [0.717, 1.165) is 12.0 Å². The van der Waals surface area contributed by atoms with E-state index < -0.39 is 0 Å². The van der Waals surface area contributed by atoms with Crippen LogP contribution in [0.4, 0.5) is 0 Å². The molecule has 0 spiro atoms. The summed E-state index contributed by atoms with van der Waals surface area (Å²) in [6.07, 6.45) is 1.02. The average Bonchev–Trinajstić information content (AvgIpc) is 2.26. The smallest absolute Gasteiger partial charge is 0.127 e. The molecule has 1 unspecified atom stereocenters. The molecule has 1 rings (SSSR count). The van der Waals surface area contributed by atoms with Gasteiger partial charge in [-0.3, -0.25) is 0 Å². The molecular weight excluding hydrogens is 226 g/mol. The van der Waals surface area contributed by atoms with Gasteiger partial charge in [-0.15, -0.1) is 12.4 Å². The van der Waals surface area contributed by atoms with Gasteiger partial charge in [-0.2, -0.15) is 0 Å². The Labute approximate surface area is 103 Å². The lowest BCUT2D eigenvalue weighted by atomic mass is 9.92. The van der Waals surface area contributed by atoms with Crippen molar-refractivity contribution in [1.82, 2.24) is 0 Å². The third-order valence-corrected chi connectivity index (χ3v) is 2.83. The van der Waals surface area contributed by atoms with E-state index in [-0.39, 0.29) is 24.2 Å². The zero-order valence-electron chi connectivity index (χ0n) is 9.93. The lowest BCUT2D eigenvalue weighted by molar-refractivity contribution is 0.383. The molecule has 0 radical (unpaired) electrons. The first kappa shape index (κ1) is 15.1. The molecule has 1 aromatic rings. The molecule has 0 saturated heterocycles. The van der Waals surface area contributed by atoms with Gasteiger partial charge in [-0.05, 0) is 12.0 Å². The van der Waals surface area contributed by atoms with Gasteiger partial charge in [0.05, 0.1) is 7.11 Å². The number of phenolic OH excluding ortho intramolecular Hbond substituents is 1. The summed E-state index contributed by atoms with van der Waals surface area (Å²) < 4.78 is 5.20. The highest BCUT2D eigenvalue weighted by Gasteiger charge is 2.17. The van der Waals surface area contributed by atoms with E-state index in [9.17, 15) is 5.11 Å². The number of phenols is 1. The Morgan fingerprint density at radius 3 is 2.56 bits per heavy atom. The topological polar surface area (TPSA) is 55.5 Å². The van der Waals surface area contributed by atoms with Gasteiger partial charge < -0.3 is 15.6 Å². The van der Waals surface area contributed by atoms with Crippen LogP contribution in [0.15, 0.2) is 18.2 Å². The second-order valence-corrected chi connectivity index (χ2v) is 3.84. The maximum absolute atomic E-state index is 9.33. The number of ether oxygens (including phenoxy) is 1. The van der Waals surface area contributed by atoms with Crippen molar-refractivity contribution >= 4 is 12.4 Å². The number of aromatic hydroxyl groups is 1. The minimum Gasteiger partial charge on any atom is -0.508 e. The van der Waals surface area contributed by atoms with E-state index in [1.807, 2.05) is 6.07 Å². The number of hydrogen-bond donors (Lipinski definition) is 2. The van der Waals surface area contributed by atoms with Crippen LogP contribution >= 0.6 is 12.4 Å². The van der Waals surface area contributed by atoms with Gasteiger partial charge in [-0.1, -0.05) is 26.3 Å². The normalized spacial score (nSPS) is 13.8. The Bertz CT molecular complexity index is 331. The van der Waals surface area contributed by atoms with Gasteiger partial charge in [0, 0.05) is 17.7 Å². The van der Waals surface area contributed by atoms with Crippen molar-refractivity contribution < 1.29 is 9.84 Å². The van der Waals surface area contributed by atoms with Crippen LogP contribution < -0.4 is 10.5 Å². The molecule has 4 heteroatoms. The highest BCUT2D eigenvalue weighted by atomic mass is 35.5. The molecule has 0 saturated carbocycles. The molecule has 0 fully saturated rings. The molecule has 3 N–H and O–H groups in total. The third kappa shape index (κ3) is 3.29. The Kier molecular flexibility index (Phi) is 6.22. The lowest BCUT2D eigenvalue weighted by Crippen LogP contribution is -2.19. The molecular formula is C12H20ClNO2. The summed E-state index contributed by atoms with van der Waals surface area (Å²) in [5.41, 5.74) is 7.06. The Morgan fingerprint density at radius 2 is 2.06 bits per heavy atom. The van der Waals surface area contributed by atoms with Gasteiger partial charge in [0.1, 0.15) is 11.5 Å². The van der Waals surface area contributed by atoms with Crippen molar-refractivity contribution in [3.63, 3.8) is 0 Å². The Morgan fingerprint density at radius 1 is 1.44 bits per heavy atom. The van der Waals surface area contributed by atoms with Gasteiger partial charge in [0.25, 0.3) is 0 Å². The largest absolute Gasteiger partial charge is 0.508 e. The van der Waals surface area contributed by atoms with Crippen LogP contribution in [-0.4, -0.2) is 12.2 Å². The second kappa shape index (κ2) is 6.61. The SMILES string of the molecule is CCC(C)[C@@H](N)c1ccc(O)cc1OC.Cl. The lowest BCUT2D eigenvalue weighted by Gasteiger charge is -2.21. The summed E-state index contributed by atoms with van der Waals surface area (Å²) in [6, 6.07) is 5.01. The van der Waals surface area contributed by atoms with Crippen molar-refractivity contribution in [2.75, 3.05) is 7.11 Å². The molecule has 0 aliphatic rings. The van der Waals surface area contributed by atoms with Crippen LogP contribution in [0, 0.1) is 5.92 Å². The predicted molar refractivity (Wildman–Crippen MR) is 68.3 cm³/mol. The first-order valence-corrected chi connectivity index (χ1v) is 5.22. The monoisotopic (exact) mass is 245 g/mol. The van der Waals surface area contributed by atoms with E-state index in [4.69, 9.17) is 10.5 Å². The molecule has 1 aromatic carbocycles. The summed E-state index contributed by atoms with van der Waals surface area (Å²) in [5.74, 6) is 1.25. The molecule has 3 nitrogen and oxygen atoms in total. The van der Waals surface area contributed by atoms with Crippen LogP contribution in [0.1, 0.15) is 31.9 Å². The predicted octanol–water partition coefficient (Wildman–Crippen LogP) is 2.87. The molecule has 0 bridgehead atoms. The van der Waals surface area contributed by atoms with E-state index in [1.165, 1.54) is 0 Å². The van der Waals surface area contributed by atoms with Crippen molar-refractivity contribution in [3.05, 3.63) is 23.8 Å². The fraction of sp³-hybridized carbons (Fsp3) is 0.500. The summed E-state index contributed by atoms with van der Waals surface area (Å²) in [5, 5.41) is 9.33. The molecule has 16 heavy (non-hydrogen) atoms. The average molecular weight is 246 g/mol. The van der Waals surface area contributed by atoms with E-state index in [1.54, 1.807) is 19.2 Å². The van der Waals surface area contributed by atoms with Gasteiger partial charge in [-0.25, -0.2) is 0 Å². The standard InChI is InChI=1S/C12H19NO2.ClH/c1-4-8(2)12(13)10-6-5-9(14)7-11(10)15-3;/h5-8,12,14H,4,13H2,1-3H3;1H/t8?,12-;/m1./s1. The quantitative estimate of drug-likeness (QED) is 0.858. The maximum atomic E-state index is 9.33. The second-order valence-electron chi connectivity index (χ2n) is 3.84. The first-order chi connectivity index (χ1) is 7.10. The van der Waals surface area contributed by atoms with Crippen molar-refractivity contribution in [3.8, 4) is 11.5 Å². The number of benzene rings is 1. The molecule has 0 heterocycles. The number of methoxy groups -OCH3 is 1. The number of hydrogen-bond acceptors (Lipinski definition) is 3. The first-order valence-electron chi connectivity index (χ1n) is 5.22. The summed E-state index contributed by atoms with van der Waals surface area (Å²) in [7, 11) is 1.58. The third-order valence-electron chi connectivity index (χ3n) is 2.83. The van der Waals surface area contributed by atoms with E-state index >= 15 is 0 Å². The molecule has 0 aliphatic carbocycles. The van der Waals surface area contributed by atoms with E-state index in [0.29, 0.717) is 11.7 Å². The summed E-state index contributed by atoms with van der Waals surface area (Å²) >= 11 is 0. The van der Waals surface area contributed by atoms with Crippen molar-refractivity contribution in [1.29, 1.82) is 0 Å². The number of nitrogens with two attached hydrogens (primary N) is 1.